The van der Waals surface area contributed by atoms with Crippen LogP contribution in [0.25, 0.3) is 0 Å². The van der Waals surface area contributed by atoms with E-state index in [1.54, 1.807) is 0 Å². The molecule has 0 aromatic rings. The average molecular weight is 347 g/mol. The van der Waals surface area contributed by atoms with Crippen LogP contribution in [0.3, 0.4) is 0 Å². The van der Waals surface area contributed by atoms with E-state index >= 15 is 0 Å². The molecule has 0 aromatic heterocycles. The second kappa shape index (κ2) is 5.91. The summed E-state index contributed by atoms with van der Waals surface area (Å²) in [4.78, 5) is 0. The highest BCUT2D eigenvalue weighted by Gasteiger charge is 2.37. The second-order valence-electron chi connectivity index (χ2n) is 7.06. The van der Waals surface area contributed by atoms with Crippen LogP contribution in [0.2, 0.25) is 58.9 Å². The molecule has 0 spiro atoms. The second-order valence-corrected chi connectivity index (χ2v) is 31.7. The van der Waals surface area contributed by atoms with Gasteiger partial charge in [-0.3, -0.25) is 0 Å². The van der Waals surface area contributed by atoms with Crippen molar-refractivity contribution in [1.82, 2.24) is 0 Å². The van der Waals surface area contributed by atoms with Gasteiger partial charge in [0.25, 0.3) is 0 Å². The van der Waals surface area contributed by atoms with Crippen molar-refractivity contribution in [2.24, 2.45) is 0 Å². The van der Waals surface area contributed by atoms with Gasteiger partial charge in [-0.1, -0.05) is 30.5 Å². The molecule has 17 heavy (non-hydrogen) atoms. The summed E-state index contributed by atoms with van der Waals surface area (Å²) in [5.41, 5.74) is -2.15. The van der Waals surface area contributed by atoms with Gasteiger partial charge in [-0.15, -0.1) is 0 Å². The molecule has 0 atom stereocenters. The molecule has 0 aliphatic heterocycles. The van der Waals surface area contributed by atoms with Gasteiger partial charge in [0.2, 0.25) is 5.69 Å². The van der Waals surface area contributed by atoms with Crippen molar-refractivity contribution >= 4 is 52.2 Å². The molecule has 8 heteroatoms. The Hall–Kier alpha value is 1.57. The maximum absolute atomic E-state index is 6.25. The lowest BCUT2D eigenvalue weighted by Gasteiger charge is -2.36. The molecule has 0 radical (unpaired) electrons. The molecular weight excluding hydrogens is 319 g/mol. The van der Waals surface area contributed by atoms with E-state index in [9.17, 15) is 0 Å². The van der Waals surface area contributed by atoms with Crippen LogP contribution in [0.5, 0.6) is 0 Å². The van der Waals surface area contributed by atoms with Crippen molar-refractivity contribution in [3.8, 4) is 0 Å². The fraction of sp³-hybridized carbons (Fsp3) is 1.00. The van der Waals surface area contributed by atoms with E-state index in [2.05, 4.69) is 58.9 Å². The van der Waals surface area contributed by atoms with Crippen LogP contribution < -0.4 is 0 Å². The summed E-state index contributed by atoms with van der Waals surface area (Å²) in [7, 11) is -2.78. The van der Waals surface area contributed by atoms with Crippen LogP contribution >= 0.6 is 16.5 Å². The molecule has 0 rings (SSSR count). The minimum absolute atomic E-state index is 1.34. The zero-order chi connectivity index (χ0) is 14.1. The van der Waals surface area contributed by atoms with E-state index < -0.39 is 29.6 Å². The van der Waals surface area contributed by atoms with Crippen molar-refractivity contribution in [1.29, 1.82) is 0 Å². The van der Waals surface area contributed by atoms with E-state index in [-0.39, 0.29) is 0 Å². The summed E-state index contributed by atoms with van der Waals surface area (Å²) in [5.74, 6) is 0. The van der Waals surface area contributed by atoms with Gasteiger partial charge < -0.3 is 8.43 Å². The molecule has 0 saturated carbocycles. The Morgan fingerprint density at radius 3 is 1.24 bits per heavy atom. The van der Waals surface area contributed by atoms with Crippen LogP contribution in [-0.4, -0.2) is 23.9 Å². The number of hydrogen-bond acceptors (Lipinski definition) is 4. The Morgan fingerprint density at radius 1 is 0.765 bits per heavy atom. The SMILES string of the molecule is C[Si](C)(C)OP(=S)(O[Si](C)(C)C)S[Si](C)(C)C. The molecule has 0 aromatic carbocycles. The topological polar surface area (TPSA) is 18.5 Å². The Kier molecular flexibility index (Phi) is 6.46. The molecule has 104 valence electrons. The zero-order valence-electron chi connectivity index (χ0n) is 12.6. The molecule has 0 heterocycles. The first-order chi connectivity index (χ1) is 7.12. The maximum atomic E-state index is 6.25. The monoisotopic (exact) mass is 346 g/mol. The summed E-state index contributed by atoms with van der Waals surface area (Å²) in [6, 6.07) is 0. The lowest BCUT2D eigenvalue weighted by molar-refractivity contribution is 0.506. The lowest BCUT2D eigenvalue weighted by Crippen LogP contribution is -2.30. The predicted molar refractivity (Wildman–Crippen MR) is 94.1 cm³/mol. The van der Waals surface area contributed by atoms with Gasteiger partial charge in [-0.2, -0.15) is 0 Å². The van der Waals surface area contributed by atoms with Gasteiger partial charge in [-0.25, -0.2) is 0 Å². The summed E-state index contributed by atoms with van der Waals surface area (Å²) >= 11 is 5.78. The predicted octanol–water partition coefficient (Wildman–Crippen LogP) is 5.48. The quantitative estimate of drug-likeness (QED) is 0.468. The summed E-state index contributed by atoms with van der Waals surface area (Å²) < 4.78 is 12.5. The average Bonchev–Trinajstić information content (AvgIpc) is 1.65. The fourth-order valence-electron chi connectivity index (χ4n) is 1.06. The van der Waals surface area contributed by atoms with Gasteiger partial charge in [0.1, 0.15) is 7.22 Å². The van der Waals surface area contributed by atoms with Crippen molar-refractivity contribution < 1.29 is 8.43 Å². The van der Waals surface area contributed by atoms with Gasteiger partial charge in [0, 0.05) is 0 Å². The molecule has 0 amide bonds. The summed E-state index contributed by atoms with van der Waals surface area (Å²) in [6.07, 6.45) is 0. The van der Waals surface area contributed by atoms with Crippen LogP contribution in [0.15, 0.2) is 0 Å². The molecule has 0 N–H and O–H groups in total. The molecule has 0 unspecified atom stereocenters. The molecule has 2 nitrogen and oxygen atoms in total. The van der Waals surface area contributed by atoms with E-state index in [1.165, 1.54) is 0 Å². The lowest BCUT2D eigenvalue weighted by atomic mass is 11.8. The zero-order valence-corrected chi connectivity index (χ0v) is 18.1. The van der Waals surface area contributed by atoms with Crippen molar-refractivity contribution in [2.75, 3.05) is 0 Å². The first kappa shape index (κ1) is 18.6. The van der Waals surface area contributed by atoms with Gasteiger partial charge in [0.05, 0.1) is 0 Å². The Bertz CT molecular complexity index is 257. The Morgan fingerprint density at radius 2 is 1.06 bits per heavy atom. The molecule has 0 aliphatic rings. The molecule has 0 aliphatic carbocycles. The molecule has 0 bridgehead atoms. The van der Waals surface area contributed by atoms with E-state index in [4.69, 9.17) is 20.2 Å². The van der Waals surface area contributed by atoms with Gasteiger partial charge >= 0.3 is 0 Å². The number of hydrogen-bond donors (Lipinski definition) is 0. The minimum Gasteiger partial charge on any atom is -0.365 e. The van der Waals surface area contributed by atoms with Crippen molar-refractivity contribution in [3.05, 3.63) is 0 Å². The van der Waals surface area contributed by atoms with Crippen molar-refractivity contribution in [2.45, 2.75) is 58.9 Å². The largest absolute Gasteiger partial charge is 0.365 e. The van der Waals surface area contributed by atoms with Gasteiger partial charge in [-0.05, 0) is 51.1 Å². The first-order valence-electron chi connectivity index (χ1n) is 5.84. The highest BCUT2D eigenvalue weighted by atomic mass is 33.0. The summed E-state index contributed by atoms with van der Waals surface area (Å²) in [5, 5.41) is 0. The minimum atomic E-state index is -2.15. The van der Waals surface area contributed by atoms with E-state index in [1.807, 2.05) is 10.8 Å². The van der Waals surface area contributed by atoms with Gasteiger partial charge in [0.15, 0.2) is 16.6 Å². The van der Waals surface area contributed by atoms with Crippen LogP contribution in [-0.2, 0) is 20.2 Å². The smallest absolute Gasteiger partial charge is 0.221 e. The van der Waals surface area contributed by atoms with E-state index in [0.29, 0.717) is 0 Å². The van der Waals surface area contributed by atoms with Crippen LogP contribution in [0.4, 0.5) is 0 Å². The highest BCUT2D eigenvalue weighted by molar-refractivity contribution is 8.79. The molecule has 0 saturated heterocycles. The first-order valence-corrected chi connectivity index (χ1v) is 20.9. The highest BCUT2D eigenvalue weighted by Crippen LogP contribution is 2.66. The van der Waals surface area contributed by atoms with Crippen LogP contribution in [0.1, 0.15) is 0 Å². The Balaban J connectivity index is 5.03. The van der Waals surface area contributed by atoms with Crippen molar-refractivity contribution in [3.63, 3.8) is 0 Å². The van der Waals surface area contributed by atoms with Crippen LogP contribution in [0, 0.1) is 0 Å². The third-order valence-electron chi connectivity index (χ3n) is 1.16. The number of rotatable bonds is 6. The molecule has 0 fully saturated rings. The Labute approximate surface area is 119 Å². The van der Waals surface area contributed by atoms with E-state index in [0.717, 1.165) is 0 Å². The standard InChI is InChI=1S/C9H27O2PS2Si3/c1-15(2,3)10-12(13,11-16(4,5)6)14-17(7,8)9/h1-9H3. The third-order valence-corrected chi connectivity index (χ3v) is 22.1. The molecular formula is C9H27O2PS2Si3. The normalized spacial score (nSPS) is 15.1. The maximum Gasteiger partial charge on any atom is 0.221 e. The summed E-state index contributed by atoms with van der Waals surface area (Å²) in [6.45, 7) is 20.0. The fourth-order valence-corrected chi connectivity index (χ4v) is 32.7. The third kappa shape index (κ3) is 11.1.